The lowest BCUT2D eigenvalue weighted by Gasteiger charge is -2.31. The standard InChI is InChI=1S/C16H17FN4/c17-15-9-12(10-18)1-2-14(15)11-21-7-4-13(5-8-21)16-3-6-19-20-16/h1-3,6,9,13H,4-5,7-8,11H2,(H,19,20). The van der Waals surface area contributed by atoms with E-state index in [-0.39, 0.29) is 5.82 Å². The first kappa shape index (κ1) is 13.8. The summed E-state index contributed by atoms with van der Waals surface area (Å²) < 4.78 is 13.9. The summed E-state index contributed by atoms with van der Waals surface area (Å²) in [4.78, 5) is 2.26. The number of H-pyrrole nitrogens is 1. The SMILES string of the molecule is N#Cc1ccc(CN2CCC(c3ccn[nH]3)CC2)c(F)c1. The molecule has 2 heterocycles. The number of benzene rings is 1. The third-order valence-corrected chi connectivity index (χ3v) is 4.13. The van der Waals surface area contributed by atoms with Gasteiger partial charge < -0.3 is 0 Å². The summed E-state index contributed by atoms with van der Waals surface area (Å²) in [5, 5.41) is 15.8. The van der Waals surface area contributed by atoms with E-state index in [1.807, 2.05) is 12.1 Å². The molecular weight excluding hydrogens is 267 g/mol. The van der Waals surface area contributed by atoms with Gasteiger partial charge in [-0.15, -0.1) is 0 Å². The molecular formula is C16H17FN4. The Kier molecular flexibility index (Phi) is 3.98. The fourth-order valence-corrected chi connectivity index (χ4v) is 2.88. The molecule has 0 aliphatic carbocycles. The van der Waals surface area contributed by atoms with Crippen LogP contribution in [0.1, 0.15) is 35.6 Å². The van der Waals surface area contributed by atoms with E-state index < -0.39 is 0 Å². The number of likely N-dealkylation sites (tertiary alicyclic amines) is 1. The highest BCUT2D eigenvalue weighted by atomic mass is 19.1. The summed E-state index contributed by atoms with van der Waals surface area (Å²) in [5.74, 6) is 0.235. The highest BCUT2D eigenvalue weighted by Gasteiger charge is 2.22. The van der Waals surface area contributed by atoms with E-state index >= 15 is 0 Å². The van der Waals surface area contributed by atoms with E-state index in [2.05, 4.69) is 15.1 Å². The minimum Gasteiger partial charge on any atom is -0.299 e. The van der Waals surface area contributed by atoms with Gasteiger partial charge in [0.2, 0.25) is 0 Å². The molecule has 1 saturated heterocycles. The molecule has 108 valence electrons. The second-order valence-electron chi connectivity index (χ2n) is 5.48. The first-order valence-corrected chi connectivity index (χ1v) is 7.16. The molecule has 1 aliphatic heterocycles. The zero-order valence-electron chi connectivity index (χ0n) is 11.7. The number of nitrogens with zero attached hydrogens (tertiary/aromatic N) is 3. The molecule has 0 radical (unpaired) electrons. The largest absolute Gasteiger partial charge is 0.299 e. The molecule has 2 aromatic rings. The number of halogens is 1. The monoisotopic (exact) mass is 284 g/mol. The number of hydrogen-bond acceptors (Lipinski definition) is 3. The van der Waals surface area contributed by atoms with Gasteiger partial charge in [-0.25, -0.2) is 4.39 Å². The van der Waals surface area contributed by atoms with Crippen molar-refractivity contribution in [2.45, 2.75) is 25.3 Å². The van der Waals surface area contributed by atoms with Crippen LogP contribution in [-0.2, 0) is 6.54 Å². The van der Waals surface area contributed by atoms with Crippen molar-refractivity contribution in [3.63, 3.8) is 0 Å². The van der Waals surface area contributed by atoms with Crippen molar-refractivity contribution in [3.8, 4) is 6.07 Å². The van der Waals surface area contributed by atoms with Gasteiger partial charge in [0, 0.05) is 29.9 Å². The number of rotatable bonds is 3. The second-order valence-corrected chi connectivity index (χ2v) is 5.48. The van der Waals surface area contributed by atoms with Crippen LogP contribution in [0, 0.1) is 17.1 Å². The Hall–Kier alpha value is -2.19. The van der Waals surface area contributed by atoms with Gasteiger partial charge in [0.25, 0.3) is 0 Å². The van der Waals surface area contributed by atoms with Gasteiger partial charge in [-0.2, -0.15) is 10.4 Å². The van der Waals surface area contributed by atoms with Crippen molar-refractivity contribution in [3.05, 3.63) is 53.1 Å². The van der Waals surface area contributed by atoms with E-state index in [4.69, 9.17) is 5.26 Å². The van der Waals surface area contributed by atoms with Gasteiger partial charge in [0.05, 0.1) is 11.6 Å². The van der Waals surface area contributed by atoms with Crippen LogP contribution in [0.15, 0.2) is 30.5 Å². The molecule has 1 fully saturated rings. The van der Waals surface area contributed by atoms with Crippen molar-refractivity contribution < 1.29 is 4.39 Å². The average molecular weight is 284 g/mol. The van der Waals surface area contributed by atoms with Crippen LogP contribution >= 0.6 is 0 Å². The molecule has 0 spiro atoms. The topological polar surface area (TPSA) is 55.7 Å². The van der Waals surface area contributed by atoms with E-state index in [9.17, 15) is 4.39 Å². The molecule has 0 amide bonds. The van der Waals surface area contributed by atoms with Gasteiger partial charge in [0.15, 0.2) is 0 Å². The molecule has 1 aliphatic rings. The third-order valence-electron chi connectivity index (χ3n) is 4.13. The number of aromatic amines is 1. The number of aromatic nitrogens is 2. The van der Waals surface area contributed by atoms with Gasteiger partial charge in [-0.05, 0) is 44.1 Å². The van der Waals surface area contributed by atoms with Crippen LogP contribution in [0.3, 0.4) is 0 Å². The zero-order chi connectivity index (χ0) is 14.7. The zero-order valence-corrected chi connectivity index (χ0v) is 11.7. The Labute approximate surface area is 123 Å². The normalized spacial score (nSPS) is 16.8. The maximum atomic E-state index is 13.9. The van der Waals surface area contributed by atoms with Crippen molar-refractivity contribution in [1.82, 2.24) is 15.1 Å². The quantitative estimate of drug-likeness (QED) is 0.943. The van der Waals surface area contributed by atoms with Crippen LogP contribution in [0.25, 0.3) is 0 Å². The van der Waals surface area contributed by atoms with Crippen molar-refractivity contribution in [2.75, 3.05) is 13.1 Å². The summed E-state index contributed by atoms with van der Waals surface area (Å²) in [6.07, 6.45) is 3.90. The fraction of sp³-hybridized carbons (Fsp3) is 0.375. The van der Waals surface area contributed by atoms with Crippen LogP contribution in [-0.4, -0.2) is 28.2 Å². The third kappa shape index (κ3) is 3.11. The van der Waals surface area contributed by atoms with E-state index in [0.717, 1.165) is 25.9 Å². The van der Waals surface area contributed by atoms with Crippen LogP contribution in [0.2, 0.25) is 0 Å². The number of nitrogens with one attached hydrogen (secondary N) is 1. The van der Waals surface area contributed by atoms with Crippen molar-refractivity contribution >= 4 is 0 Å². The molecule has 1 aromatic heterocycles. The highest BCUT2D eigenvalue weighted by Crippen LogP contribution is 2.27. The minimum atomic E-state index is -0.287. The number of piperidine rings is 1. The van der Waals surface area contributed by atoms with Crippen LogP contribution < -0.4 is 0 Å². The molecule has 0 saturated carbocycles. The van der Waals surface area contributed by atoms with E-state index in [0.29, 0.717) is 23.6 Å². The Morgan fingerprint density at radius 2 is 2.14 bits per heavy atom. The van der Waals surface area contributed by atoms with Crippen LogP contribution in [0.4, 0.5) is 4.39 Å². The molecule has 4 nitrogen and oxygen atoms in total. The predicted molar refractivity (Wildman–Crippen MR) is 77.0 cm³/mol. The minimum absolute atomic E-state index is 0.287. The molecule has 3 rings (SSSR count). The molecule has 5 heteroatoms. The van der Waals surface area contributed by atoms with Crippen molar-refractivity contribution in [1.29, 1.82) is 5.26 Å². The predicted octanol–water partition coefficient (Wildman–Crippen LogP) is 2.80. The Morgan fingerprint density at radius 1 is 1.33 bits per heavy atom. The summed E-state index contributed by atoms with van der Waals surface area (Å²) in [6.45, 7) is 2.50. The lowest BCUT2D eigenvalue weighted by Crippen LogP contribution is -2.32. The van der Waals surface area contributed by atoms with Crippen molar-refractivity contribution in [2.24, 2.45) is 0 Å². The highest BCUT2D eigenvalue weighted by molar-refractivity contribution is 5.32. The molecule has 1 aromatic carbocycles. The lowest BCUT2D eigenvalue weighted by atomic mass is 9.93. The van der Waals surface area contributed by atoms with Gasteiger partial charge in [0.1, 0.15) is 5.82 Å². The number of nitriles is 1. The van der Waals surface area contributed by atoms with E-state index in [1.54, 1.807) is 18.3 Å². The van der Waals surface area contributed by atoms with Gasteiger partial charge >= 0.3 is 0 Å². The summed E-state index contributed by atoms with van der Waals surface area (Å²) >= 11 is 0. The summed E-state index contributed by atoms with van der Waals surface area (Å²) in [6, 6.07) is 8.69. The van der Waals surface area contributed by atoms with Gasteiger partial charge in [-0.3, -0.25) is 10.00 Å². The second kappa shape index (κ2) is 6.06. The lowest BCUT2D eigenvalue weighted by molar-refractivity contribution is 0.201. The van der Waals surface area contributed by atoms with Crippen LogP contribution in [0.5, 0.6) is 0 Å². The first-order chi connectivity index (χ1) is 10.3. The van der Waals surface area contributed by atoms with E-state index in [1.165, 1.54) is 11.8 Å². The average Bonchev–Trinajstić information content (AvgIpc) is 3.04. The summed E-state index contributed by atoms with van der Waals surface area (Å²) in [5.41, 5.74) is 2.22. The first-order valence-electron chi connectivity index (χ1n) is 7.16. The smallest absolute Gasteiger partial charge is 0.129 e. The number of hydrogen-bond donors (Lipinski definition) is 1. The Morgan fingerprint density at radius 3 is 2.76 bits per heavy atom. The Bertz CT molecular complexity index is 637. The summed E-state index contributed by atoms with van der Waals surface area (Å²) in [7, 11) is 0. The molecule has 0 bridgehead atoms. The fourth-order valence-electron chi connectivity index (χ4n) is 2.88. The molecule has 0 unspecified atom stereocenters. The molecule has 21 heavy (non-hydrogen) atoms. The van der Waals surface area contributed by atoms with Gasteiger partial charge in [-0.1, -0.05) is 6.07 Å². The maximum absolute atomic E-state index is 13.9. The maximum Gasteiger partial charge on any atom is 0.129 e. The Balaban J connectivity index is 1.59. The molecule has 1 N–H and O–H groups in total. The molecule has 0 atom stereocenters.